The lowest BCUT2D eigenvalue weighted by molar-refractivity contribution is 0.102. The van der Waals surface area contributed by atoms with E-state index < -0.39 is 15.9 Å². The third-order valence-corrected chi connectivity index (χ3v) is 4.27. The van der Waals surface area contributed by atoms with Crippen molar-refractivity contribution in [3.63, 3.8) is 0 Å². The van der Waals surface area contributed by atoms with Gasteiger partial charge < -0.3 is 5.32 Å². The topological polar surface area (TPSA) is 102 Å². The van der Waals surface area contributed by atoms with E-state index in [-0.39, 0.29) is 10.5 Å². The Bertz CT molecular complexity index is 806. The minimum Gasteiger partial charge on any atom is -0.307 e. The summed E-state index contributed by atoms with van der Waals surface area (Å²) >= 11 is 3.21. The molecule has 1 aromatic heterocycles. The summed E-state index contributed by atoms with van der Waals surface area (Å²) in [6.45, 7) is 1.87. The average Bonchev–Trinajstić information content (AvgIpc) is 2.37. The molecule has 3 N–H and O–H groups in total. The first-order chi connectivity index (χ1) is 9.77. The van der Waals surface area contributed by atoms with Crippen LogP contribution in [0.5, 0.6) is 0 Å². The molecule has 0 spiro atoms. The minimum absolute atomic E-state index is 0.131. The molecule has 0 saturated carbocycles. The van der Waals surface area contributed by atoms with Gasteiger partial charge in [0.2, 0.25) is 10.0 Å². The van der Waals surface area contributed by atoms with E-state index in [9.17, 15) is 13.2 Å². The number of rotatable bonds is 3. The van der Waals surface area contributed by atoms with Crippen LogP contribution < -0.4 is 10.5 Å². The second kappa shape index (κ2) is 5.92. The van der Waals surface area contributed by atoms with Crippen molar-refractivity contribution >= 4 is 37.7 Å². The Morgan fingerprint density at radius 2 is 2.00 bits per heavy atom. The molecule has 8 heteroatoms. The summed E-state index contributed by atoms with van der Waals surface area (Å²) in [4.78, 5) is 16.1. The van der Waals surface area contributed by atoms with E-state index >= 15 is 0 Å². The normalized spacial score (nSPS) is 11.2. The summed E-state index contributed by atoms with van der Waals surface area (Å²) in [6, 6.07) is 7.49. The maximum absolute atomic E-state index is 12.2. The Labute approximate surface area is 130 Å². The average molecular weight is 370 g/mol. The number of aryl methyl sites for hydroxylation is 1. The van der Waals surface area contributed by atoms with Gasteiger partial charge in [-0.3, -0.25) is 4.79 Å². The monoisotopic (exact) mass is 369 g/mol. The van der Waals surface area contributed by atoms with Crippen LogP contribution in [-0.4, -0.2) is 19.3 Å². The van der Waals surface area contributed by atoms with E-state index in [0.717, 1.165) is 5.56 Å². The molecule has 0 fully saturated rings. The first-order valence-electron chi connectivity index (χ1n) is 5.84. The van der Waals surface area contributed by atoms with Crippen LogP contribution in [0.3, 0.4) is 0 Å². The Balaban J connectivity index is 2.35. The highest BCUT2D eigenvalue weighted by atomic mass is 79.9. The fourth-order valence-electron chi connectivity index (χ4n) is 1.64. The molecule has 0 saturated heterocycles. The molecule has 0 aliphatic heterocycles. The molecule has 0 unspecified atom stereocenters. The van der Waals surface area contributed by atoms with Crippen LogP contribution in [0.4, 0.5) is 5.82 Å². The van der Waals surface area contributed by atoms with Crippen LogP contribution in [0.25, 0.3) is 0 Å². The molecule has 2 aromatic rings. The van der Waals surface area contributed by atoms with E-state index in [1.165, 1.54) is 18.2 Å². The molecule has 21 heavy (non-hydrogen) atoms. The summed E-state index contributed by atoms with van der Waals surface area (Å²) in [5.74, 6) is -0.0987. The molecule has 0 radical (unpaired) electrons. The van der Waals surface area contributed by atoms with Gasteiger partial charge in [-0.2, -0.15) is 0 Å². The predicted molar refractivity (Wildman–Crippen MR) is 82.4 cm³/mol. The van der Waals surface area contributed by atoms with Gasteiger partial charge in [0.05, 0.1) is 10.5 Å². The molecule has 1 amide bonds. The number of hydrogen-bond donors (Lipinski definition) is 2. The third-order valence-electron chi connectivity index (χ3n) is 2.67. The highest BCUT2D eigenvalue weighted by Gasteiger charge is 2.16. The summed E-state index contributed by atoms with van der Waals surface area (Å²) in [5.41, 5.74) is 1.10. The van der Waals surface area contributed by atoms with Crippen LogP contribution in [0.2, 0.25) is 0 Å². The van der Waals surface area contributed by atoms with Crippen LogP contribution in [0.15, 0.2) is 45.9 Å². The second-order valence-electron chi connectivity index (χ2n) is 4.36. The highest BCUT2D eigenvalue weighted by molar-refractivity contribution is 9.10. The fourth-order valence-corrected chi connectivity index (χ4v) is 2.61. The zero-order valence-corrected chi connectivity index (χ0v) is 13.4. The quantitative estimate of drug-likeness (QED) is 0.863. The zero-order valence-electron chi connectivity index (χ0n) is 11.0. The molecule has 0 bridgehead atoms. The van der Waals surface area contributed by atoms with E-state index in [1.54, 1.807) is 18.3 Å². The third kappa shape index (κ3) is 3.87. The number of sulfonamides is 1. The lowest BCUT2D eigenvalue weighted by atomic mass is 10.2. The van der Waals surface area contributed by atoms with Gasteiger partial charge in [-0.05, 0) is 58.7 Å². The van der Waals surface area contributed by atoms with Crippen molar-refractivity contribution in [1.29, 1.82) is 0 Å². The van der Waals surface area contributed by atoms with Gasteiger partial charge in [0.15, 0.2) is 0 Å². The van der Waals surface area contributed by atoms with Crippen LogP contribution in [0, 0.1) is 6.92 Å². The SMILES string of the molecule is Cc1ccnc(NC(=O)c2cc(S(N)(=O)=O)ccc2Br)c1. The number of pyridine rings is 1. The van der Waals surface area contributed by atoms with E-state index in [1.807, 2.05) is 6.92 Å². The van der Waals surface area contributed by atoms with Crippen molar-refractivity contribution < 1.29 is 13.2 Å². The van der Waals surface area contributed by atoms with Gasteiger partial charge in [0, 0.05) is 10.7 Å². The number of halogens is 1. The number of hydrogen-bond acceptors (Lipinski definition) is 4. The van der Waals surface area contributed by atoms with Crippen LogP contribution in [0.1, 0.15) is 15.9 Å². The largest absolute Gasteiger partial charge is 0.307 e. The minimum atomic E-state index is -3.87. The van der Waals surface area contributed by atoms with Crippen molar-refractivity contribution in [2.75, 3.05) is 5.32 Å². The number of amides is 1. The summed E-state index contributed by atoms with van der Waals surface area (Å²) in [5, 5.41) is 7.66. The molecule has 0 aliphatic rings. The predicted octanol–water partition coefficient (Wildman–Crippen LogP) is 2.05. The van der Waals surface area contributed by atoms with Crippen LogP contribution in [-0.2, 0) is 10.0 Å². The number of carbonyl (C=O) groups is 1. The van der Waals surface area contributed by atoms with Gasteiger partial charge in [0.1, 0.15) is 5.82 Å². The maximum Gasteiger partial charge on any atom is 0.258 e. The van der Waals surface area contributed by atoms with E-state index in [0.29, 0.717) is 10.3 Å². The molecule has 1 aromatic carbocycles. The number of aromatic nitrogens is 1. The molecular formula is C13H12BrN3O3S. The first kappa shape index (κ1) is 15.6. The summed E-state index contributed by atoms with van der Waals surface area (Å²) in [6.07, 6.45) is 1.57. The van der Waals surface area contributed by atoms with Crippen molar-refractivity contribution in [3.8, 4) is 0 Å². The lowest BCUT2D eigenvalue weighted by Gasteiger charge is -2.08. The number of benzene rings is 1. The smallest absolute Gasteiger partial charge is 0.258 e. The fraction of sp³-hybridized carbons (Fsp3) is 0.0769. The number of anilines is 1. The molecule has 0 aliphatic carbocycles. The van der Waals surface area contributed by atoms with Gasteiger partial charge >= 0.3 is 0 Å². The van der Waals surface area contributed by atoms with Crippen molar-refractivity contribution in [3.05, 3.63) is 52.1 Å². The van der Waals surface area contributed by atoms with Crippen LogP contribution >= 0.6 is 15.9 Å². The van der Waals surface area contributed by atoms with E-state index in [4.69, 9.17) is 5.14 Å². The number of nitrogens with zero attached hydrogens (tertiary/aromatic N) is 1. The van der Waals surface area contributed by atoms with Gasteiger partial charge in [-0.25, -0.2) is 18.5 Å². The zero-order chi connectivity index (χ0) is 15.6. The summed E-state index contributed by atoms with van der Waals surface area (Å²) < 4.78 is 23.1. The van der Waals surface area contributed by atoms with Crippen molar-refractivity contribution in [2.24, 2.45) is 5.14 Å². The summed E-state index contributed by atoms with van der Waals surface area (Å²) in [7, 11) is -3.87. The Morgan fingerprint density at radius 1 is 1.29 bits per heavy atom. The molecule has 0 atom stereocenters. The number of nitrogens with two attached hydrogens (primary N) is 1. The standard InChI is InChI=1S/C13H12BrN3O3S/c1-8-4-5-16-12(6-8)17-13(18)10-7-9(21(15,19)20)2-3-11(10)14/h2-7H,1H3,(H2,15,19,20)(H,16,17,18). The Kier molecular flexibility index (Phi) is 4.40. The molecule has 110 valence electrons. The van der Waals surface area contributed by atoms with Gasteiger partial charge in [0.25, 0.3) is 5.91 Å². The Hall–Kier alpha value is -1.77. The number of primary sulfonamides is 1. The number of nitrogens with one attached hydrogen (secondary N) is 1. The molecule has 6 nitrogen and oxygen atoms in total. The second-order valence-corrected chi connectivity index (χ2v) is 6.77. The maximum atomic E-state index is 12.2. The number of carbonyl (C=O) groups excluding carboxylic acids is 1. The molecular weight excluding hydrogens is 358 g/mol. The van der Waals surface area contributed by atoms with Gasteiger partial charge in [-0.1, -0.05) is 0 Å². The molecule has 2 rings (SSSR count). The van der Waals surface area contributed by atoms with Gasteiger partial charge in [-0.15, -0.1) is 0 Å². The Morgan fingerprint density at radius 3 is 2.62 bits per heavy atom. The van der Waals surface area contributed by atoms with E-state index in [2.05, 4.69) is 26.2 Å². The first-order valence-corrected chi connectivity index (χ1v) is 8.17. The molecule has 1 heterocycles. The van der Waals surface area contributed by atoms with Crippen molar-refractivity contribution in [2.45, 2.75) is 11.8 Å². The highest BCUT2D eigenvalue weighted by Crippen LogP contribution is 2.21. The van der Waals surface area contributed by atoms with Crippen molar-refractivity contribution in [1.82, 2.24) is 4.98 Å². The lowest BCUT2D eigenvalue weighted by Crippen LogP contribution is -2.16.